The Morgan fingerprint density at radius 3 is 2.69 bits per heavy atom. The number of esters is 1. The molecular formula is C16H19N3O7. The molecule has 1 aliphatic rings. The average Bonchev–Trinajstić information content (AvgIpc) is 3.06. The summed E-state index contributed by atoms with van der Waals surface area (Å²) in [6, 6.07) is 2.50. The van der Waals surface area contributed by atoms with Gasteiger partial charge in [-0.05, 0) is 18.1 Å². The molecule has 0 bridgehead atoms. The monoisotopic (exact) mass is 365 g/mol. The summed E-state index contributed by atoms with van der Waals surface area (Å²) in [6.45, 7) is 0. The molecule has 140 valence electrons. The van der Waals surface area contributed by atoms with Crippen LogP contribution in [0.5, 0.6) is 5.75 Å². The molecule has 10 heteroatoms. The van der Waals surface area contributed by atoms with Crippen molar-refractivity contribution in [1.29, 1.82) is 0 Å². The normalized spacial score (nSPS) is 17.2. The van der Waals surface area contributed by atoms with E-state index < -0.39 is 28.9 Å². The Balaban J connectivity index is 2.16. The lowest BCUT2D eigenvalue weighted by Gasteiger charge is -2.19. The lowest BCUT2D eigenvalue weighted by Crippen LogP contribution is -2.50. The van der Waals surface area contributed by atoms with Gasteiger partial charge in [0.25, 0.3) is 0 Å². The third-order valence-electron chi connectivity index (χ3n) is 3.99. The van der Waals surface area contributed by atoms with Gasteiger partial charge in [0.2, 0.25) is 11.8 Å². The maximum Gasteiger partial charge on any atom is 0.328 e. The van der Waals surface area contributed by atoms with Gasteiger partial charge in [-0.15, -0.1) is 0 Å². The Morgan fingerprint density at radius 2 is 2.15 bits per heavy atom. The van der Waals surface area contributed by atoms with Gasteiger partial charge < -0.3 is 20.1 Å². The summed E-state index contributed by atoms with van der Waals surface area (Å²) in [6.07, 6.45) is 0.572. The van der Waals surface area contributed by atoms with Crippen LogP contribution in [-0.4, -0.2) is 49.0 Å². The summed E-state index contributed by atoms with van der Waals surface area (Å²) in [5.74, 6) is -1.34. The number of carbonyl (C=O) groups is 3. The van der Waals surface area contributed by atoms with Crippen LogP contribution in [-0.2, 0) is 25.5 Å². The van der Waals surface area contributed by atoms with Crippen LogP contribution in [0.4, 0.5) is 5.69 Å². The summed E-state index contributed by atoms with van der Waals surface area (Å²) < 4.78 is 9.63. The van der Waals surface area contributed by atoms with E-state index in [1.807, 2.05) is 0 Å². The van der Waals surface area contributed by atoms with E-state index in [-0.39, 0.29) is 30.2 Å². The second-order valence-electron chi connectivity index (χ2n) is 5.71. The van der Waals surface area contributed by atoms with E-state index in [2.05, 4.69) is 10.6 Å². The molecule has 2 rings (SSSR count). The highest BCUT2D eigenvalue weighted by Gasteiger charge is 2.31. The van der Waals surface area contributed by atoms with Crippen LogP contribution in [0.3, 0.4) is 0 Å². The molecule has 0 saturated carbocycles. The van der Waals surface area contributed by atoms with Gasteiger partial charge in [0, 0.05) is 18.9 Å². The summed E-state index contributed by atoms with van der Waals surface area (Å²) in [7, 11) is 2.49. The number of amides is 2. The number of hydrogen-bond acceptors (Lipinski definition) is 7. The highest BCUT2D eigenvalue weighted by molar-refractivity contribution is 5.93. The van der Waals surface area contributed by atoms with E-state index >= 15 is 0 Å². The fourth-order valence-electron chi connectivity index (χ4n) is 2.66. The van der Waals surface area contributed by atoms with E-state index in [9.17, 15) is 24.5 Å². The summed E-state index contributed by atoms with van der Waals surface area (Å²) in [5.41, 5.74) is 0.201. The van der Waals surface area contributed by atoms with Crippen molar-refractivity contribution >= 4 is 23.5 Å². The van der Waals surface area contributed by atoms with Gasteiger partial charge in [-0.3, -0.25) is 19.7 Å². The van der Waals surface area contributed by atoms with Crippen LogP contribution in [0.1, 0.15) is 18.4 Å². The molecule has 1 fully saturated rings. The standard InChI is InChI=1S/C16H19N3O7/c1-25-13-5-3-9(8-12(13)19(23)24)7-11(16(22)26-2)18-15(21)10-4-6-14(20)17-10/h3,5,8,10-11H,4,6-7H2,1-2H3,(H,17,20)(H,18,21)/t10-,11+/m0/s1. The Labute approximate surface area is 149 Å². The molecular weight excluding hydrogens is 346 g/mol. The van der Waals surface area contributed by atoms with Crippen molar-refractivity contribution in [2.24, 2.45) is 0 Å². The number of nitro benzene ring substituents is 1. The zero-order valence-electron chi connectivity index (χ0n) is 14.3. The molecule has 1 aliphatic heterocycles. The second kappa shape index (κ2) is 8.28. The van der Waals surface area contributed by atoms with E-state index in [1.54, 1.807) is 6.07 Å². The van der Waals surface area contributed by atoms with Gasteiger partial charge >= 0.3 is 11.7 Å². The van der Waals surface area contributed by atoms with Crippen LogP contribution in [0.15, 0.2) is 18.2 Å². The van der Waals surface area contributed by atoms with Gasteiger partial charge in [0.05, 0.1) is 19.1 Å². The highest BCUT2D eigenvalue weighted by atomic mass is 16.6. The molecule has 0 aliphatic carbocycles. The van der Waals surface area contributed by atoms with Crippen LogP contribution < -0.4 is 15.4 Å². The fraction of sp³-hybridized carbons (Fsp3) is 0.438. The molecule has 10 nitrogen and oxygen atoms in total. The minimum absolute atomic E-state index is 0.0100. The first kappa shape index (κ1) is 19.2. The van der Waals surface area contributed by atoms with Gasteiger partial charge in [-0.2, -0.15) is 0 Å². The Kier molecular flexibility index (Phi) is 6.10. The van der Waals surface area contributed by atoms with E-state index in [0.717, 1.165) is 0 Å². The van der Waals surface area contributed by atoms with Gasteiger partial charge in [0.1, 0.15) is 12.1 Å². The van der Waals surface area contributed by atoms with Crippen LogP contribution >= 0.6 is 0 Å². The maximum absolute atomic E-state index is 12.2. The van der Waals surface area contributed by atoms with E-state index in [4.69, 9.17) is 9.47 Å². The first-order valence-corrected chi connectivity index (χ1v) is 7.84. The number of nitro groups is 1. The molecule has 0 spiro atoms. The number of ether oxygens (including phenoxy) is 2. The van der Waals surface area contributed by atoms with Crippen molar-refractivity contribution in [2.75, 3.05) is 14.2 Å². The van der Waals surface area contributed by atoms with Gasteiger partial charge in [-0.25, -0.2) is 4.79 Å². The molecule has 26 heavy (non-hydrogen) atoms. The third kappa shape index (κ3) is 4.47. The summed E-state index contributed by atoms with van der Waals surface area (Å²) in [4.78, 5) is 46.0. The third-order valence-corrected chi connectivity index (χ3v) is 3.99. The van der Waals surface area contributed by atoms with Crippen molar-refractivity contribution in [3.05, 3.63) is 33.9 Å². The second-order valence-corrected chi connectivity index (χ2v) is 5.71. The van der Waals surface area contributed by atoms with Crippen LogP contribution in [0.25, 0.3) is 0 Å². The average molecular weight is 365 g/mol. The first-order chi connectivity index (χ1) is 12.3. The molecule has 1 saturated heterocycles. The quantitative estimate of drug-likeness (QED) is 0.397. The number of nitrogens with zero attached hydrogens (tertiary/aromatic N) is 1. The zero-order valence-corrected chi connectivity index (χ0v) is 14.3. The highest BCUT2D eigenvalue weighted by Crippen LogP contribution is 2.28. The predicted octanol–water partition coefficient (Wildman–Crippen LogP) is 0.0823. The van der Waals surface area contributed by atoms with Crippen LogP contribution in [0.2, 0.25) is 0 Å². The van der Waals surface area contributed by atoms with Gasteiger partial charge in [0.15, 0.2) is 5.75 Å². The number of rotatable bonds is 7. The van der Waals surface area contributed by atoms with Crippen molar-refractivity contribution in [2.45, 2.75) is 31.3 Å². The lowest BCUT2D eigenvalue weighted by molar-refractivity contribution is -0.385. The summed E-state index contributed by atoms with van der Waals surface area (Å²) in [5, 5.41) is 16.2. The molecule has 0 unspecified atom stereocenters. The van der Waals surface area contributed by atoms with Crippen molar-refractivity contribution in [1.82, 2.24) is 10.6 Å². The SMILES string of the molecule is COC(=O)[C@@H](Cc1ccc(OC)c([N+](=O)[O-])c1)NC(=O)[C@@H]1CCC(=O)N1. The maximum atomic E-state index is 12.2. The number of carbonyl (C=O) groups excluding carboxylic acids is 3. The minimum Gasteiger partial charge on any atom is -0.490 e. The van der Waals surface area contributed by atoms with E-state index in [1.165, 1.54) is 26.4 Å². The molecule has 1 heterocycles. The molecule has 1 aromatic carbocycles. The molecule has 2 atom stereocenters. The number of benzene rings is 1. The van der Waals surface area contributed by atoms with Crippen LogP contribution in [0, 0.1) is 10.1 Å². The smallest absolute Gasteiger partial charge is 0.328 e. The van der Waals surface area contributed by atoms with Crippen molar-refractivity contribution in [3.8, 4) is 5.75 Å². The first-order valence-electron chi connectivity index (χ1n) is 7.84. The molecule has 0 aromatic heterocycles. The van der Waals surface area contributed by atoms with Crippen molar-refractivity contribution in [3.63, 3.8) is 0 Å². The van der Waals surface area contributed by atoms with Crippen molar-refractivity contribution < 1.29 is 28.8 Å². The Morgan fingerprint density at radius 1 is 1.42 bits per heavy atom. The fourth-order valence-corrected chi connectivity index (χ4v) is 2.66. The zero-order chi connectivity index (χ0) is 19.3. The van der Waals surface area contributed by atoms with E-state index in [0.29, 0.717) is 12.0 Å². The molecule has 2 amide bonds. The largest absolute Gasteiger partial charge is 0.490 e. The number of nitrogens with one attached hydrogen (secondary N) is 2. The lowest BCUT2D eigenvalue weighted by atomic mass is 10.0. The summed E-state index contributed by atoms with van der Waals surface area (Å²) >= 11 is 0. The number of methoxy groups -OCH3 is 2. The van der Waals surface area contributed by atoms with Gasteiger partial charge in [-0.1, -0.05) is 6.07 Å². The topological polar surface area (TPSA) is 137 Å². The predicted molar refractivity (Wildman–Crippen MR) is 88.5 cm³/mol. The molecule has 0 radical (unpaired) electrons. The molecule has 2 N–H and O–H groups in total. The Bertz CT molecular complexity index is 735. The number of hydrogen-bond donors (Lipinski definition) is 2. The Hall–Kier alpha value is -3.17. The molecule has 1 aromatic rings. The minimum atomic E-state index is -1.04.